The van der Waals surface area contributed by atoms with E-state index in [1.54, 1.807) is 66.5 Å². The molecule has 0 spiro atoms. The molecule has 0 bridgehead atoms. The van der Waals surface area contributed by atoms with Crippen molar-refractivity contribution in [2.24, 2.45) is 7.05 Å². The molecule has 0 aliphatic carbocycles. The number of nitrogens with one attached hydrogen (secondary N) is 1. The van der Waals surface area contributed by atoms with Gasteiger partial charge in [-0.05, 0) is 18.2 Å². The molecule has 3 rings (SSSR count). The third-order valence-electron chi connectivity index (χ3n) is 3.96. The van der Waals surface area contributed by atoms with E-state index in [1.807, 2.05) is 0 Å². The van der Waals surface area contributed by atoms with Crippen molar-refractivity contribution < 1.29 is 13.9 Å². The van der Waals surface area contributed by atoms with Crippen LogP contribution in [0.4, 0.5) is 4.39 Å². The maximum atomic E-state index is 14.3. The lowest BCUT2D eigenvalue weighted by Crippen LogP contribution is -2.32. The van der Waals surface area contributed by atoms with Crippen molar-refractivity contribution >= 4 is 5.91 Å². The number of halogens is 1. The SMILES string of the molecule is COc1ccccc1C(=O)NC(c1ccccc1F)c1nccn1C. The molecule has 6 heteroatoms. The molecule has 3 aromatic rings. The van der Waals surface area contributed by atoms with E-state index < -0.39 is 11.9 Å². The number of carbonyl (C=O) groups is 1. The predicted molar refractivity (Wildman–Crippen MR) is 91.9 cm³/mol. The Morgan fingerprint density at radius 2 is 1.92 bits per heavy atom. The standard InChI is InChI=1S/C19H18FN3O2/c1-23-12-11-21-18(23)17(13-7-3-5-9-15(13)20)22-19(24)14-8-4-6-10-16(14)25-2/h3-12,17H,1-2H3,(H,22,24). The highest BCUT2D eigenvalue weighted by Crippen LogP contribution is 2.25. The molecule has 1 aromatic heterocycles. The average molecular weight is 339 g/mol. The summed E-state index contributed by atoms with van der Waals surface area (Å²) in [6.45, 7) is 0. The molecule has 0 saturated carbocycles. The van der Waals surface area contributed by atoms with Crippen LogP contribution in [0.3, 0.4) is 0 Å². The topological polar surface area (TPSA) is 56.1 Å². The van der Waals surface area contributed by atoms with Gasteiger partial charge in [-0.2, -0.15) is 0 Å². The number of amides is 1. The number of ether oxygens (including phenoxy) is 1. The summed E-state index contributed by atoms with van der Waals surface area (Å²) in [6, 6.07) is 12.5. The maximum absolute atomic E-state index is 14.3. The number of aryl methyl sites for hydroxylation is 1. The van der Waals surface area contributed by atoms with Crippen molar-refractivity contribution in [1.29, 1.82) is 0 Å². The first-order chi connectivity index (χ1) is 12.1. The Balaban J connectivity index is 2.00. The fraction of sp³-hybridized carbons (Fsp3) is 0.158. The van der Waals surface area contributed by atoms with Crippen LogP contribution in [0, 0.1) is 5.82 Å². The average Bonchev–Trinajstić information content (AvgIpc) is 3.06. The van der Waals surface area contributed by atoms with Crippen molar-refractivity contribution in [3.05, 3.63) is 83.7 Å². The van der Waals surface area contributed by atoms with Crippen LogP contribution in [-0.2, 0) is 7.05 Å². The highest BCUT2D eigenvalue weighted by Gasteiger charge is 2.25. The quantitative estimate of drug-likeness (QED) is 0.777. The van der Waals surface area contributed by atoms with Gasteiger partial charge in [0.1, 0.15) is 23.4 Å². The lowest BCUT2D eigenvalue weighted by Gasteiger charge is -2.20. The third-order valence-corrected chi connectivity index (χ3v) is 3.96. The van der Waals surface area contributed by atoms with E-state index in [2.05, 4.69) is 10.3 Å². The molecule has 128 valence electrons. The minimum atomic E-state index is -0.724. The van der Waals surface area contributed by atoms with Gasteiger partial charge in [-0.25, -0.2) is 9.37 Å². The largest absolute Gasteiger partial charge is 0.496 e. The summed E-state index contributed by atoms with van der Waals surface area (Å²) >= 11 is 0. The van der Waals surface area contributed by atoms with Gasteiger partial charge < -0.3 is 14.6 Å². The Hall–Kier alpha value is -3.15. The van der Waals surface area contributed by atoms with Gasteiger partial charge in [0.25, 0.3) is 5.91 Å². The van der Waals surface area contributed by atoms with Crippen LogP contribution in [0.25, 0.3) is 0 Å². The normalized spacial score (nSPS) is 11.8. The van der Waals surface area contributed by atoms with Crippen molar-refractivity contribution in [3.8, 4) is 5.75 Å². The lowest BCUT2D eigenvalue weighted by molar-refractivity contribution is 0.0937. The number of nitrogens with zero attached hydrogens (tertiary/aromatic N) is 2. The summed E-state index contributed by atoms with van der Waals surface area (Å²) in [5.74, 6) is 0.213. The first kappa shape index (κ1) is 16.7. The third kappa shape index (κ3) is 3.38. The highest BCUT2D eigenvalue weighted by molar-refractivity contribution is 5.97. The van der Waals surface area contributed by atoms with Gasteiger partial charge in [0.05, 0.1) is 12.7 Å². The zero-order valence-corrected chi connectivity index (χ0v) is 13.9. The summed E-state index contributed by atoms with van der Waals surface area (Å²) in [6.07, 6.45) is 3.36. The van der Waals surface area contributed by atoms with Gasteiger partial charge in [-0.3, -0.25) is 4.79 Å². The smallest absolute Gasteiger partial charge is 0.255 e. The predicted octanol–water partition coefficient (Wildman–Crippen LogP) is 3.09. The Kier molecular flexibility index (Phi) is 4.79. The second-order valence-corrected chi connectivity index (χ2v) is 5.52. The second-order valence-electron chi connectivity index (χ2n) is 5.52. The van der Waals surface area contributed by atoms with Gasteiger partial charge in [-0.15, -0.1) is 0 Å². The summed E-state index contributed by atoms with van der Waals surface area (Å²) in [5.41, 5.74) is 0.723. The van der Waals surface area contributed by atoms with Gasteiger partial charge >= 0.3 is 0 Å². The number of hydrogen-bond donors (Lipinski definition) is 1. The molecule has 1 amide bonds. The molecule has 2 aromatic carbocycles. The van der Waals surface area contributed by atoms with E-state index >= 15 is 0 Å². The molecule has 0 aliphatic rings. The van der Waals surface area contributed by atoms with Gasteiger partial charge in [0.15, 0.2) is 0 Å². The van der Waals surface area contributed by atoms with Gasteiger partial charge in [0, 0.05) is 25.0 Å². The van der Waals surface area contributed by atoms with Crippen LogP contribution in [0.2, 0.25) is 0 Å². The Bertz CT molecular complexity index is 892. The fourth-order valence-corrected chi connectivity index (χ4v) is 2.69. The minimum absolute atomic E-state index is 0.347. The summed E-state index contributed by atoms with van der Waals surface area (Å²) in [5, 5.41) is 2.87. The fourth-order valence-electron chi connectivity index (χ4n) is 2.69. The zero-order valence-electron chi connectivity index (χ0n) is 13.9. The molecule has 1 atom stereocenters. The van der Waals surface area contributed by atoms with Crippen LogP contribution in [-0.4, -0.2) is 22.6 Å². The molecule has 0 aliphatic heterocycles. The van der Waals surface area contributed by atoms with Crippen molar-refractivity contribution in [2.75, 3.05) is 7.11 Å². The van der Waals surface area contributed by atoms with E-state index in [-0.39, 0.29) is 5.91 Å². The van der Waals surface area contributed by atoms with E-state index in [4.69, 9.17) is 4.74 Å². The summed E-state index contributed by atoms with van der Waals surface area (Å²) in [4.78, 5) is 17.0. The maximum Gasteiger partial charge on any atom is 0.255 e. The van der Waals surface area contributed by atoms with Crippen LogP contribution in [0.15, 0.2) is 60.9 Å². The van der Waals surface area contributed by atoms with Crippen LogP contribution in [0.1, 0.15) is 27.8 Å². The Morgan fingerprint density at radius 1 is 1.20 bits per heavy atom. The summed E-state index contributed by atoms with van der Waals surface area (Å²) < 4.78 is 21.3. The number of imidazole rings is 1. The summed E-state index contributed by atoms with van der Waals surface area (Å²) in [7, 11) is 3.30. The molecule has 0 saturated heterocycles. The number of benzene rings is 2. The number of hydrogen-bond acceptors (Lipinski definition) is 3. The van der Waals surface area contributed by atoms with Crippen LogP contribution in [0.5, 0.6) is 5.75 Å². The zero-order chi connectivity index (χ0) is 17.8. The van der Waals surface area contributed by atoms with Gasteiger partial charge in [-0.1, -0.05) is 30.3 Å². The molecule has 0 radical (unpaired) electrons. The highest BCUT2D eigenvalue weighted by atomic mass is 19.1. The molecule has 5 nitrogen and oxygen atoms in total. The van der Waals surface area contributed by atoms with Crippen molar-refractivity contribution in [3.63, 3.8) is 0 Å². The second kappa shape index (κ2) is 7.17. The number of methoxy groups -OCH3 is 1. The molecule has 1 N–H and O–H groups in total. The minimum Gasteiger partial charge on any atom is -0.496 e. The molecule has 1 heterocycles. The number of para-hydroxylation sites is 1. The van der Waals surface area contributed by atoms with Crippen LogP contribution < -0.4 is 10.1 Å². The van der Waals surface area contributed by atoms with Crippen molar-refractivity contribution in [1.82, 2.24) is 14.9 Å². The number of carbonyl (C=O) groups excluding carboxylic acids is 1. The van der Waals surface area contributed by atoms with Gasteiger partial charge in [0.2, 0.25) is 0 Å². The Labute approximate surface area is 145 Å². The lowest BCUT2D eigenvalue weighted by atomic mass is 10.0. The monoisotopic (exact) mass is 339 g/mol. The van der Waals surface area contributed by atoms with E-state index in [9.17, 15) is 9.18 Å². The molecular weight excluding hydrogens is 321 g/mol. The first-order valence-electron chi connectivity index (χ1n) is 7.77. The number of aromatic nitrogens is 2. The molecule has 1 unspecified atom stereocenters. The first-order valence-corrected chi connectivity index (χ1v) is 7.77. The van der Waals surface area contributed by atoms with Crippen LogP contribution >= 0.6 is 0 Å². The van der Waals surface area contributed by atoms with E-state index in [1.165, 1.54) is 13.2 Å². The molecule has 0 fully saturated rings. The number of rotatable bonds is 5. The van der Waals surface area contributed by atoms with Crippen molar-refractivity contribution in [2.45, 2.75) is 6.04 Å². The molecular formula is C19H18FN3O2. The Morgan fingerprint density at radius 3 is 2.60 bits per heavy atom. The molecule has 25 heavy (non-hydrogen) atoms. The van der Waals surface area contributed by atoms with E-state index in [0.717, 1.165) is 0 Å². The van der Waals surface area contributed by atoms with E-state index in [0.29, 0.717) is 22.7 Å².